The van der Waals surface area contributed by atoms with Crippen LogP contribution in [0.15, 0.2) is 77.7 Å². The van der Waals surface area contributed by atoms with E-state index < -0.39 is 10.0 Å². The molecule has 1 amide bonds. The first-order valence-corrected chi connectivity index (χ1v) is 10.7. The average molecular weight is 423 g/mol. The van der Waals surface area contributed by atoms with Crippen LogP contribution in [0, 0.1) is 5.41 Å². The number of aryl methyl sites for hydroxylation is 1. The van der Waals surface area contributed by atoms with Gasteiger partial charge in [0.25, 0.3) is 0 Å². The highest BCUT2D eigenvalue weighted by atomic mass is 32.2. The summed E-state index contributed by atoms with van der Waals surface area (Å²) in [6, 6.07) is 20.6. The van der Waals surface area contributed by atoms with Gasteiger partial charge in [0.1, 0.15) is 5.84 Å². The highest BCUT2D eigenvalue weighted by Crippen LogP contribution is 2.28. The number of hydrogen-bond acceptors (Lipinski definition) is 4. The van der Waals surface area contributed by atoms with Gasteiger partial charge in [-0.2, -0.15) is 0 Å². The fourth-order valence-electron chi connectivity index (χ4n) is 3.05. The third kappa shape index (κ3) is 5.31. The minimum Gasteiger partial charge on any atom is -0.384 e. The topological polar surface area (TPSA) is 139 Å². The van der Waals surface area contributed by atoms with E-state index >= 15 is 0 Å². The second-order valence-corrected chi connectivity index (χ2v) is 8.31. The summed E-state index contributed by atoms with van der Waals surface area (Å²) in [5.41, 5.74) is 8.71. The van der Waals surface area contributed by atoms with Gasteiger partial charge in [-0.15, -0.1) is 0 Å². The van der Waals surface area contributed by atoms with Gasteiger partial charge < -0.3 is 11.1 Å². The molecule has 7 nitrogen and oxygen atoms in total. The summed E-state index contributed by atoms with van der Waals surface area (Å²) in [4.78, 5) is 12.4. The van der Waals surface area contributed by atoms with E-state index in [1.165, 1.54) is 6.07 Å². The Kier molecular flexibility index (Phi) is 6.29. The Labute approximate surface area is 175 Å². The van der Waals surface area contributed by atoms with Crippen molar-refractivity contribution in [1.29, 1.82) is 5.41 Å². The Balaban J connectivity index is 1.70. The van der Waals surface area contributed by atoms with Crippen molar-refractivity contribution in [2.75, 3.05) is 5.32 Å². The summed E-state index contributed by atoms with van der Waals surface area (Å²) in [6.07, 6.45) is 0.815. The molecule has 154 valence electrons. The van der Waals surface area contributed by atoms with Crippen molar-refractivity contribution in [3.8, 4) is 11.1 Å². The maximum absolute atomic E-state index is 12.4. The molecule has 0 aliphatic rings. The molecule has 3 aromatic carbocycles. The van der Waals surface area contributed by atoms with Crippen LogP contribution in [-0.4, -0.2) is 20.2 Å². The van der Waals surface area contributed by atoms with Gasteiger partial charge in [-0.05, 0) is 35.7 Å². The maximum Gasteiger partial charge on any atom is 0.238 e. The quantitative estimate of drug-likeness (QED) is 0.343. The number of nitrogens with one attached hydrogen (secondary N) is 2. The van der Waals surface area contributed by atoms with Crippen molar-refractivity contribution in [1.82, 2.24) is 0 Å². The molecule has 0 saturated carbocycles. The van der Waals surface area contributed by atoms with E-state index in [0.717, 1.165) is 5.56 Å². The minimum atomic E-state index is -3.87. The van der Waals surface area contributed by atoms with Crippen LogP contribution < -0.4 is 16.2 Å². The van der Waals surface area contributed by atoms with E-state index in [9.17, 15) is 13.2 Å². The lowest BCUT2D eigenvalue weighted by atomic mass is 10.0. The van der Waals surface area contributed by atoms with Crippen LogP contribution in [0.25, 0.3) is 11.1 Å². The molecule has 0 spiro atoms. The molecule has 0 aromatic heterocycles. The van der Waals surface area contributed by atoms with Crippen LogP contribution in [0.2, 0.25) is 0 Å². The van der Waals surface area contributed by atoms with Crippen LogP contribution in [0.5, 0.6) is 0 Å². The zero-order valence-electron chi connectivity index (χ0n) is 16.1. The molecule has 3 aromatic rings. The second kappa shape index (κ2) is 8.89. The smallest absolute Gasteiger partial charge is 0.238 e. The molecule has 0 aliphatic heterocycles. The van der Waals surface area contributed by atoms with Gasteiger partial charge in [0.05, 0.1) is 4.90 Å². The molecule has 3 rings (SSSR count). The van der Waals surface area contributed by atoms with E-state index in [-0.39, 0.29) is 23.1 Å². The van der Waals surface area contributed by atoms with Crippen LogP contribution in [0.4, 0.5) is 5.69 Å². The molecule has 0 unspecified atom stereocenters. The zero-order valence-corrected chi connectivity index (χ0v) is 16.9. The Hall–Kier alpha value is -3.49. The van der Waals surface area contributed by atoms with Crippen molar-refractivity contribution in [3.63, 3.8) is 0 Å². The number of carbonyl (C=O) groups excluding carboxylic acids is 1. The largest absolute Gasteiger partial charge is 0.384 e. The molecule has 0 bridgehead atoms. The van der Waals surface area contributed by atoms with Gasteiger partial charge in [-0.1, -0.05) is 54.6 Å². The van der Waals surface area contributed by atoms with Crippen molar-refractivity contribution < 1.29 is 13.2 Å². The lowest BCUT2D eigenvalue weighted by Gasteiger charge is -2.11. The summed E-state index contributed by atoms with van der Waals surface area (Å²) < 4.78 is 23.7. The van der Waals surface area contributed by atoms with Crippen molar-refractivity contribution >= 4 is 27.5 Å². The summed E-state index contributed by atoms with van der Waals surface area (Å²) in [6.45, 7) is 0. The molecule has 0 aliphatic carbocycles. The molecule has 0 atom stereocenters. The normalized spacial score (nSPS) is 11.1. The standard InChI is InChI=1S/C22H22N4O3S/c23-22(24)16-11-8-15(9-12-16)10-13-21(27)26-18-5-3-4-17(14-18)19-6-1-2-7-20(19)30(25,28)29/h1-9,11-12,14H,10,13H2,(H3,23,24)(H,26,27)(H2,25,28,29). The van der Waals surface area contributed by atoms with Crippen molar-refractivity contribution in [2.24, 2.45) is 10.9 Å². The van der Waals surface area contributed by atoms with Gasteiger partial charge in [-0.3, -0.25) is 10.2 Å². The number of amidine groups is 1. The van der Waals surface area contributed by atoms with E-state index in [4.69, 9.17) is 16.3 Å². The van der Waals surface area contributed by atoms with Gasteiger partial charge in [0.2, 0.25) is 15.9 Å². The molecule has 0 radical (unpaired) electrons. The van der Waals surface area contributed by atoms with E-state index in [1.54, 1.807) is 54.6 Å². The Bertz CT molecular complexity index is 1190. The first kappa shape index (κ1) is 21.2. The maximum atomic E-state index is 12.4. The van der Waals surface area contributed by atoms with Gasteiger partial charge in [0, 0.05) is 23.2 Å². The molecule has 0 fully saturated rings. The third-order valence-corrected chi connectivity index (χ3v) is 5.53. The van der Waals surface area contributed by atoms with Crippen molar-refractivity contribution in [3.05, 3.63) is 83.9 Å². The Morgan fingerprint density at radius 3 is 2.33 bits per heavy atom. The summed E-state index contributed by atoms with van der Waals surface area (Å²) in [7, 11) is -3.87. The molecular formula is C22H22N4O3S. The summed E-state index contributed by atoms with van der Waals surface area (Å²) in [5, 5.41) is 15.6. The van der Waals surface area contributed by atoms with Crippen LogP contribution >= 0.6 is 0 Å². The fraction of sp³-hybridized carbons (Fsp3) is 0.0909. The van der Waals surface area contributed by atoms with Crippen molar-refractivity contribution in [2.45, 2.75) is 17.7 Å². The SMILES string of the molecule is N=C(N)c1ccc(CCC(=O)Nc2cccc(-c3ccccc3S(N)(=O)=O)c2)cc1. The van der Waals surface area contributed by atoms with Crippen LogP contribution in [0.1, 0.15) is 17.5 Å². The molecule has 6 N–H and O–H groups in total. The second-order valence-electron chi connectivity index (χ2n) is 6.78. The molecule has 8 heteroatoms. The van der Waals surface area contributed by atoms with Gasteiger partial charge >= 0.3 is 0 Å². The number of carbonyl (C=O) groups is 1. The average Bonchev–Trinajstić information content (AvgIpc) is 2.72. The highest BCUT2D eigenvalue weighted by molar-refractivity contribution is 7.89. The van der Waals surface area contributed by atoms with Crippen LogP contribution in [-0.2, 0) is 21.2 Å². The van der Waals surface area contributed by atoms with E-state index in [2.05, 4.69) is 5.32 Å². The number of rotatable bonds is 7. The highest BCUT2D eigenvalue weighted by Gasteiger charge is 2.15. The lowest BCUT2D eigenvalue weighted by Crippen LogP contribution is -2.14. The first-order chi connectivity index (χ1) is 14.2. The Morgan fingerprint density at radius 1 is 0.967 bits per heavy atom. The number of anilines is 1. The third-order valence-electron chi connectivity index (χ3n) is 4.56. The number of sulfonamides is 1. The number of benzene rings is 3. The molecular weight excluding hydrogens is 400 g/mol. The summed E-state index contributed by atoms with van der Waals surface area (Å²) >= 11 is 0. The van der Waals surface area contributed by atoms with E-state index in [1.807, 2.05) is 12.1 Å². The predicted octanol–water partition coefficient (Wildman–Crippen LogP) is 2.86. The lowest BCUT2D eigenvalue weighted by molar-refractivity contribution is -0.116. The fourth-order valence-corrected chi connectivity index (χ4v) is 3.81. The number of hydrogen-bond donors (Lipinski definition) is 4. The van der Waals surface area contributed by atoms with Gasteiger partial charge in [0.15, 0.2) is 0 Å². The number of primary sulfonamides is 1. The minimum absolute atomic E-state index is 0.00295. The number of nitrogens with two attached hydrogens (primary N) is 2. The number of amides is 1. The zero-order chi connectivity index (χ0) is 21.7. The number of nitrogen functional groups attached to an aromatic ring is 1. The van der Waals surface area contributed by atoms with Gasteiger partial charge in [-0.25, -0.2) is 13.6 Å². The Morgan fingerprint density at radius 2 is 1.67 bits per heavy atom. The molecule has 0 heterocycles. The monoisotopic (exact) mass is 422 g/mol. The van der Waals surface area contributed by atoms with Crippen LogP contribution in [0.3, 0.4) is 0 Å². The van der Waals surface area contributed by atoms with E-state index in [0.29, 0.717) is 28.8 Å². The summed E-state index contributed by atoms with van der Waals surface area (Å²) in [5.74, 6) is -0.161. The molecule has 0 saturated heterocycles. The first-order valence-electron chi connectivity index (χ1n) is 9.19. The molecule has 30 heavy (non-hydrogen) atoms. The predicted molar refractivity (Wildman–Crippen MR) is 118 cm³/mol.